The molecule has 1 fully saturated rings. The van der Waals surface area contributed by atoms with Crippen molar-refractivity contribution in [2.45, 2.75) is 58.8 Å². The number of guanidine groups is 1. The molecule has 1 saturated heterocycles. The fourth-order valence-electron chi connectivity index (χ4n) is 2.73. The van der Waals surface area contributed by atoms with Gasteiger partial charge in [-0.15, -0.1) is 24.0 Å². The van der Waals surface area contributed by atoms with Crippen LogP contribution in [0.2, 0.25) is 0 Å². The first-order chi connectivity index (χ1) is 10.7. The van der Waals surface area contributed by atoms with E-state index in [0.717, 1.165) is 57.2 Å². The van der Waals surface area contributed by atoms with E-state index in [0.29, 0.717) is 13.0 Å². The van der Waals surface area contributed by atoms with E-state index in [4.69, 9.17) is 4.74 Å². The zero-order chi connectivity index (χ0) is 16.2. The van der Waals surface area contributed by atoms with Gasteiger partial charge in [-0.3, -0.25) is 9.79 Å². The largest absolute Gasteiger partial charge is 0.466 e. The summed E-state index contributed by atoms with van der Waals surface area (Å²) in [5.74, 6) is 1.81. The van der Waals surface area contributed by atoms with Crippen LogP contribution >= 0.6 is 24.0 Å². The van der Waals surface area contributed by atoms with E-state index in [-0.39, 0.29) is 29.9 Å². The van der Waals surface area contributed by atoms with Crippen LogP contribution in [0.4, 0.5) is 0 Å². The molecule has 5 nitrogen and oxygen atoms in total. The average Bonchev–Trinajstić information content (AvgIpc) is 2.51. The fraction of sp³-hybridized carbons (Fsp3) is 0.882. The third-order valence-corrected chi connectivity index (χ3v) is 4.19. The van der Waals surface area contributed by atoms with Crippen molar-refractivity contribution in [2.75, 3.05) is 33.3 Å². The van der Waals surface area contributed by atoms with Gasteiger partial charge >= 0.3 is 5.97 Å². The van der Waals surface area contributed by atoms with Gasteiger partial charge in [0, 0.05) is 33.1 Å². The maximum atomic E-state index is 11.2. The molecule has 0 atom stereocenters. The molecule has 0 bridgehead atoms. The number of likely N-dealkylation sites (tertiary alicyclic amines) is 1. The fourth-order valence-corrected chi connectivity index (χ4v) is 2.73. The summed E-state index contributed by atoms with van der Waals surface area (Å²) in [6.45, 7) is 7.83. The molecule has 1 rings (SSSR count). The van der Waals surface area contributed by atoms with Gasteiger partial charge in [0.2, 0.25) is 0 Å². The number of esters is 1. The van der Waals surface area contributed by atoms with Gasteiger partial charge in [-0.1, -0.05) is 19.8 Å². The SMILES string of the molecule is CCOC(=O)CCCCCCNC(=NC)N1CCC(C)CC1.I. The number of hydrogen-bond acceptors (Lipinski definition) is 3. The van der Waals surface area contributed by atoms with Crippen molar-refractivity contribution >= 4 is 35.9 Å². The molecule has 0 spiro atoms. The lowest BCUT2D eigenvalue weighted by Crippen LogP contribution is -2.45. The lowest BCUT2D eigenvalue weighted by Gasteiger charge is -2.32. The Bertz CT molecular complexity index is 343. The first kappa shape index (κ1) is 22.5. The molecule has 1 N–H and O–H groups in total. The Hall–Kier alpha value is -0.530. The quantitative estimate of drug-likeness (QED) is 0.207. The zero-order valence-corrected chi connectivity index (χ0v) is 17.3. The van der Waals surface area contributed by atoms with E-state index < -0.39 is 0 Å². The third kappa shape index (κ3) is 10.0. The number of unbranched alkanes of at least 4 members (excludes halogenated alkanes) is 3. The van der Waals surface area contributed by atoms with Crippen LogP contribution < -0.4 is 5.32 Å². The number of carbonyl (C=O) groups is 1. The van der Waals surface area contributed by atoms with Crippen molar-refractivity contribution in [3.63, 3.8) is 0 Å². The van der Waals surface area contributed by atoms with E-state index >= 15 is 0 Å². The van der Waals surface area contributed by atoms with Crippen molar-refractivity contribution in [3.8, 4) is 0 Å². The number of rotatable bonds is 8. The van der Waals surface area contributed by atoms with Crippen LogP contribution in [-0.2, 0) is 9.53 Å². The minimum absolute atomic E-state index is 0. The van der Waals surface area contributed by atoms with Crippen LogP contribution in [0.3, 0.4) is 0 Å². The number of halogens is 1. The molecule has 0 amide bonds. The molecule has 136 valence electrons. The first-order valence-corrected chi connectivity index (χ1v) is 8.78. The lowest BCUT2D eigenvalue weighted by molar-refractivity contribution is -0.143. The van der Waals surface area contributed by atoms with Crippen molar-refractivity contribution in [3.05, 3.63) is 0 Å². The number of hydrogen-bond donors (Lipinski definition) is 1. The van der Waals surface area contributed by atoms with Gasteiger partial charge in [0.25, 0.3) is 0 Å². The molecule has 1 aliphatic rings. The average molecular weight is 439 g/mol. The molecule has 0 aromatic carbocycles. The van der Waals surface area contributed by atoms with Crippen molar-refractivity contribution in [2.24, 2.45) is 10.9 Å². The van der Waals surface area contributed by atoms with Gasteiger partial charge in [0.1, 0.15) is 0 Å². The molecular formula is C17H34IN3O2. The Morgan fingerprint density at radius 2 is 1.87 bits per heavy atom. The first-order valence-electron chi connectivity index (χ1n) is 8.78. The summed E-state index contributed by atoms with van der Waals surface area (Å²) >= 11 is 0. The summed E-state index contributed by atoms with van der Waals surface area (Å²) in [7, 11) is 1.86. The molecular weight excluding hydrogens is 405 g/mol. The maximum absolute atomic E-state index is 11.2. The lowest BCUT2D eigenvalue weighted by atomic mass is 10.00. The summed E-state index contributed by atoms with van der Waals surface area (Å²) in [5, 5.41) is 3.46. The minimum Gasteiger partial charge on any atom is -0.466 e. The Labute approximate surface area is 158 Å². The second-order valence-electron chi connectivity index (χ2n) is 6.11. The van der Waals surface area contributed by atoms with Gasteiger partial charge in [0.05, 0.1) is 6.61 Å². The van der Waals surface area contributed by atoms with Crippen LogP contribution in [0.1, 0.15) is 58.8 Å². The Morgan fingerprint density at radius 3 is 2.48 bits per heavy atom. The Balaban J connectivity index is 0.00000484. The van der Waals surface area contributed by atoms with Gasteiger partial charge in [0.15, 0.2) is 5.96 Å². The number of piperidine rings is 1. The van der Waals surface area contributed by atoms with Gasteiger partial charge in [-0.25, -0.2) is 0 Å². The molecule has 0 unspecified atom stereocenters. The summed E-state index contributed by atoms with van der Waals surface area (Å²) in [4.78, 5) is 17.9. The zero-order valence-electron chi connectivity index (χ0n) is 15.0. The molecule has 0 aromatic heterocycles. The van der Waals surface area contributed by atoms with Gasteiger partial charge in [-0.05, 0) is 38.5 Å². The summed E-state index contributed by atoms with van der Waals surface area (Å²) in [6.07, 6.45) is 7.34. The monoisotopic (exact) mass is 439 g/mol. The van der Waals surface area contributed by atoms with Crippen molar-refractivity contribution in [1.29, 1.82) is 0 Å². The molecule has 1 heterocycles. The normalized spacial score (nSPS) is 16.0. The van der Waals surface area contributed by atoms with E-state index in [1.165, 1.54) is 12.8 Å². The second kappa shape index (κ2) is 13.9. The van der Waals surface area contributed by atoms with Gasteiger partial charge < -0.3 is 15.0 Å². The molecule has 1 aliphatic heterocycles. The predicted molar refractivity (Wildman–Crippen MR) is 106 cm³/mol. The van der Waals surface area contributed by atoms with E-state index in [9.17, 15) is 4.79 Å². The minimum atomic E-state index is -0.0691. The molecule has 0 radical (unpaired) electrons. The van der Waals surface area contributed by atoms with E-state index in [2.05, 4.69) is 22.1 Å². The predicted octanol–water partition coefficient (Wildman–Crippen LogP) is 3.43. The number of ether oxygens (including phenoxy) is 1. The molecule has 0 aromatic rings. The van der Waals surface area contributed by atoms with E-state index in [1.807, 2.05) is 14.0 Å². The summed E-state index contributed by atoms with van der Waals surface area (Å²) in [6, 6.07) is 0. The number of nitrogens with one attached hydrogen (secondary N) is 1. The molecule has 0 aliphatic carbocycles. The molecule has 0 saturated carbocycles. The van der Waals surface area contributed by atoms with Crippen LogP contribution in [0.25, 0.3) is 0 Å². The van der Waals surface area contributed by atoms with Crippen LogP contribution in [0, 0.1) is 5.92 Å². The third-order valence-electron chi connectivity index (χ3n) is 4.19. The summed E-state index contributed by atoms with van der Waals surface area (Å²) in [5.41, 5.74) is 0. The topological polar surface area (TPSA) is 53.9 Å². The maximum Gasteiger partial charge on any atom is 0.305 e. The number of aliphatic imine (C=N–C) groups is 1. The highest BCUT2D eigenvalue weighted by Gasteiger charge is 2.18. The smallest absolute Gasteiger partial charge is 0.305 e. The number of nitrogens with zero attached hydrogens (tertiary/aromatic N) is 2. The highest BCUT2D eigenvalue weighted by molar-refractivity contribution is 14.0. The van der Waals surface area contributed by atoms with Crippen molar-refractivity contribution < 1.29 is 9.53 Å². The van der Waals surface area contributed by atoms with Crippen LogP contribution in [-0.4, -0.2) is 50.1 Å². The van der Waals surface area contributed by atoms with Crippen LogP contribution in [0.15, 0.2) is 4.99 Å². The standard InChI is InChI=1S/C17H33N3O2.HI/c1-4-22-16(21)9-7-5-6-8-12-19-17(18-3)20-13-10-15(2)11-14-20;/h15H,4-14H2,1-3H3,(H,18,19);1H. The highest BCUT2D eigenvalue weighted by Crippen LogP contribution is 2.15. The Kier molecular flexibility index (Phi) is 13.5. The second-order valence-corrected chi connectivity index (χ2v) is 6.11. The Morgan fingerprint density at radius 1 is 1.22 bits per heavy atom. The highest BCUT2D eigenvalue weighted by atomic mass is 127. The summed E-state index contributed by atoms with van der Waals surface area (Å²) < 4.78 is 4.92. The van der Waals surface area contributed by atoms with Crippen LogP contribution in [0.5, 0.6) is 0 Å². The number of carbonyl (C=O) groups excluding carboxylic acids is 1. The van der Waals surface area contributed by atoms with Crippen molar-refractivity contribution in [1.82, 2.24) is 10.2 Å². The molecule has 6 heteroatoms. The molecule has 23 heavy (non-hydrogen) atoms. The van der Waals surface area contributed by atoms with Gasteiger partial charge in [-0.2, -0.15) is 0 Å². The van der Waals surface area contributed by atoms with E-state index in [1.54, 1.807) is 0 Å².